The van der Waals surface area contributed by atoms with E-state index >= 15 is 0 Å². The Labute approximate surface area is 164 Å². The summed E-state index contributed by atoms with van der Waals surface area (Å²) in [5.74, 6) is 0.326. The van der Waals surface area contributed by atoms with Crippen molar-refractivity contribution >= 4 is 11.6 Å². The molecule has 2 aromatic heterocycles. The van der Waals surface area contributed by atoms with Gasteiger partial charge in [-0.25, -0.2) is 14.1 Å². The summed E-state index contributed by atoms with van der Waals surface area (Å²) >= 11 is 0. The highest BCUT2D eigenvalue weighted by atomic mass is 19.4. The monoisotopic (exact) mass is 409 g/mol. The molecule has 154 valence electrons. The molecule has 0 unspecified atom stereocenters. The molecule has 0 N–H and O–H groups in total. The maximum atomic E-state index is 13.1. The Morgan fingerprint density at radius 2 is 1.48 bits per heavy atom. The topological polar surface area (TPSA) is 55.0 Å². The molecule has 4 rings (SSSR count). The van der Waals surface area contributed by atoms with Gasteiger partial charge in [-0.1, -0.05) is 0 Å². The van der Waals surface area contributed by atoms with Crippen LogP contribution in [0.15, 0.2) is 42.9 Å². The van der Waals surface area contributed by atoms with Crippen LogP contribution in [-0.2, 0) is 19.3 Å². The third-order valence-corrected chi connectivity index (χ3v) is 4.77. The van der Waals surface area contributed by atoms with Gasteiger partial charge in [-0.05, 0) is 30.3 Å². The van der Waals surface area contributed by atoms with Crippen molar-refractivity contribution in [3.05, 3.63) is 54.4 Å². The van der Waals surface area contributed by atoms with Crippen LogP contribution in [0.4, 0.5) is 29.2 Å². The number of halogens is 4. The van der Waals surface area contributed by atoms with Gasteiger partial charge < -0.3 is 9.80 Å². The molecule has 0 saturated carbocycles. The lowest BCUT2D eigenvalue weighted by atomic mass is 10.2. The number of hydrogen-bond acceptors (Lipinski definition) is 5. The highest BCUT2D eigenvalue weighted by Crippen LogP contribution is 2.27. The van der Waals surface area contributed by atoms with Gasteiger partial charge in [0.05, 0.1) is 13.1 Å². The van der Waals surface area contributed by atoms with Gasteiger partial charge in [0.1, 0.15) is 12.1 Å². The van der Waals surface area contributed by atoms with Crippen LogP contribution in [0.25, 0.3) is 0 Å². The minimum atomic E-state index is -4.44. The second kappa shape index (κ2) is 7.72. The second-order valence-electron chi connectivity index (χ2n) is 6.72. The third-order valence-electron chi connectivity index (χ3n) is 4.77. The van der Waals surface area contributed by atoms with Crippen molar-refractivity contribution in [2.45, 2.75) is 19.3 Å². The fourth-order valence-electron chi connectivity index (χ4n) is 3.20. The van der Waals surface area contributed by atoms with Crippen molar-refractivity contribution in [3.63, 3.8) is 0 Å². The van der Waals surface area contributed by atoms with Crippen LogP contribution in [0.5, 0.6) is 0 Å². The maximum absolute atomic E-state index is 13.1. The quantitative estimate of drug-likeness (QED) is 0.607. The first kappa shape index (κ1) is 19.2. The summed E-state index contributed by atoms with van der Waals surface area (Å²) in [4.78, 5) is 8.52. The number of hydrogen-bond donors (Lipinski definition) is 0. The van der Waals surface area contributed by atoms with Crippen LogP contribution in [0.3, 0.4) is 0 Å². The number of nitrogens with zero attached hydrogens (tertiary/aromatic N) is 7. The molecule has 0 amide bonds. The summed E-state index contributed by atoms with van der Waals surface area (Å²) in [6.45, 7) is 3.57. The minimum absolute atomic E-state index is 0.258. The standard InChI is InChI=1S/C18H19F4N7/c19-14-1-3-15(4-2-14)26-7-9-27(10-8-26)17-23-13-29(25-17)12-11-28-6-5-16(24-28)18(20,21)22/h1-6,13H,7-12H2. The van der Waals surface area contributed by atoms with E-state index in [1.807, 2.05) is 4.90 Å². The van der Waals surface area contributed by atoms with E-state index in [1.54, 1.807) is 23.1 Å². The molecule has 1 aliphatic heterocycles. The van der Waals surface area contributed by atoms with E-state index < -0.39 is 11.9 Å². The van der Waals surface area contributed by atoms with Gasteiger partial charge >= 0.3 is 6.18 Å². The lowest BCUT2D eigenvalue weighted by Crippen LogP contribution is -2.47. The molecule has 1 aromatic carbocycles. The molecule has 3 aromatic rings. The lowest BCUT2D eigenvalue weighted by molar-refractivity contribution is -0.141. The number of aromatic nitrogens is 5. The summed E-state index contributed by atoms with van der Waals surface area (Å²) in [5.41, 5.74) is 0.0674. The molecule has 0 bridgehead atoms. The van der Waals surface area contributed by atoms with Crippen molar-refractivity contribution in [2.24, 2.45) is 0 Å². The fourth-order valence-corrected chi connectivity index (χ4v) is 3.20. The number of piperazine rings is 1. The van der Waals surface area contributed by atoms with Crippen molar-refractivity contribution in [3.8, 4) is 0 Å². The van der Waals surface area contributed by atoms with Crippen LogP contribution in [0.2, 0.25) is 0 Å². The molecular weight excluding hydrogens is 390 g/mol. The van der Waals surface area contributed by atoms with E-state index in [9.17, 15) is 17.6 Å². The van der Waals surface area contributed by atoms with Crippen molar-refractivity contribution in [1.29, 1.82) is 0 Å². The van der Waals surface area contributed by atoms with Crippen LogP contribution in [0, 0.1) is 5.82 Å². The number of rotatable bonds is 5. The zero-order valence-corrected chi connectivity index (χ0v) is 15.4. The first-order valence-electron chi connectivity index (χ1n) is 9.14. The number of alkyl halides is 3. The molecule has 0 spiro atoms. The number of anilines is 2. The summed E-state index contributed by atoms with van der Waals surface area (Å²) in [7, 11) is 0. The van der Waals surface area contributed by atoms with Gasteiger partial charge in [-0.15, -0.1) is 5.10 Å². The van der Waals surface area contributed by atoms with E-state index in [1.165, 1.54) is 23.0 Å². The zero-order chi connectivity index (χ0) is 20.4. The Balaban J connectivity index is 1.30. The smallest absolute Gasteiger partial charge is 0.368 e. The number of aryl methyl sites for hydroxylation is 2. The highest BCUT2D eigenvalue weighted by molar-refractivity contribution is 5.48. The summed E-state index contributed by atoms with van der Waals surface area (Å²) < 4.78 is 53.7. The lowest BCUT2D eigenvalue weighted by Gasteiger charge is -2.35. The van der Waals surface area contributed by atoms with E-state index in [-0.39, 0.29) is 12.4 Å². The van der Waals surface area contributed by atoms with Gasteiger partial charge in [0.15, 0.2) is 5.69 Å². The SMILES string of the molecule is Fc1ccc(N2CCN(c3ncn(CCn4ccc(C(F)(F)F)n4)n3)CC2)cc1. The molecule has 0 atom stereocenters. The molecule has 7 nitrogen and oxygen atoms in total. The Bertz CT molecular complexity index is 940. The first-order valence-corrected chi connectivity index (χ1v) is 9.14. The van der Waals surface area contributed by atoms with E-state index in [0.717, 1.165) is 37.9 Å². The van der Waals surface area contributed by atoms with Crippen molar-refractivity contribution < 1.29 is 17.6 Å². The molecule has 0 radical (unpaired) electrons. The molecule has 3 heterocycles. The first-order chi connectivity index (χ1) is 13.9. The molecular formula is C18H19F4N7. The van der Waals surface area contributed by atoms with Gasteiger partial charge in [0.25, 0.3) is 0 Å². The zero-order valence-electron chi connectivity index (χ0n) is 15.4. The Hall–Kier alpha value is -3.11. The molecule has 1 fully saturated rings. The third kappa shape index (κ3) is 4.49. The molecule has 11 heteroatoms. The van der Waals surface area contributed by atoms with Gasteiger partial charge in [-0.3, -0.25) is 4.68 Å². The molecule has 1 saturated heterocycles. The highest BCUT2D eigenvalue weighted by Gasteiger charge is 2.33. The van der Waals surface area contributed by atoms with Crippen LogP contribution in [0.1, 0.15) is 5.69 Å². The van der Waals surface area contributed by atoms with Gasteiger partial charge in [0.2, 0.25) is 5.95 Å². The maximum Gasteiger partial charge on any atom is 0.435 e. The Morgan fingerprint density at radius 3 is 2.14 bits per heavy atom. The summed E-state index contributed by atoms with van der Waals surface area (Å²) in [5, 5.41) is 7.94. The van der Waals surface area contributed by atoms with E-state index in [0.29, 0.717) is 12.5 Å². The van der Waals surface area contributed by atoms with Gasteiger partial charge in [0, 0.05) is 38.1 Å². The predicted octanol–water partition coefficient (Wildman–Crippen LogP) is 2.66. The van der Waals surface area contributed by atoms with Crippen LogP contribution >= 0.6 is 0 Å². The normalized spacial score (nSPS) is 15.2. The summed E-state index contributed by atoms with van der Waals surface area (Å²) in [6.07, 6.45) is -1.58. The average molecular weight is 409 g/mol. The van der Waals surface area contributed by atoms with Crippen LogP contribution < -0.4 is 9.80 Å². The molecule has 0 aliphatic carbocycles. The Morgan fingerprint density at radius 1 is 0.828 bits per heavy atom. The predicted molar refractivity (Wildman–Crippen MR) is 98.1 cm³/mol. The fraction of sp³-hybridized carbons (Fsp3) is 0.389. The molecule has 1 aliphatic rings. The average Bonchev–Trinajstić information content (AvgIpc) is 3.37. The minimum Gasteiger partial charge on any atom is -0.368 e. The Kier molecular flexibility index (Phi) is 5.12. The largest absolute Gasteiger partial charge is 0.435 e. The summed E-state index contributed by atoms with van der Waals surface area (Å²) in [6, 6.07) is 7.37. The van der Waals surface area contributed by atoms with Crippen molar-refractivity contribution in [2.75, 3.05) is 36.0 Å². The van der Waals surface area contributed by atoms with E-state index in [4.69, 9.17) is 0 Å². The number of benzene rings is 1. The van der Waals surface area contributed by atoms with Gasteiger partial charge in [-0.2, -0.15) is 18.3 Å². The molecule has 29 heavy (non-hydrogen) atoms. The van der Waals surface area contributed by atoms with E-state index in [2.05, 4.69) is 20.1 Å². The van der Waals surface area contributed by atoms with Crippen molar-refractivity contribution in [1.82, 2.24) is 24.5 Å². The van der Waals surface area contributed by atoms with Crippen LogP contribution in [-0.4, -0.2) is 50.7 Å². The second-order valence-corrected chi connectivity index (χ2v) is 6.72.